The highest BCUT2D eigenvalue weighted by Gasteiger charge is 2.34. The summed E-state index contributed by atoms with van der Waals surface area (Å²) < 4.78 is 0. The lowest BCUT2D eigenvalue weighted by Crippen LogP contribution is -2.32. The van der Waals surface area contributed by atoms with E-state index in [-0.39, 0.29) is 0 Å². The second-order valence-corrected chi connectivity index (χ2v) is 5.99. The standard InChI is InChI=1S/C16H34/c1-7-11-14(10-4)16(5,6)15(12-8-2)13-9-3/h14-15H,7-13H2,1-6H3. The quantitative estimate of drug-likeness (QED) is 0.448. The van der Waals surface area contributed by atoms with E-state index in [0.29, 0.717) is 5.41 Å². The maximum absolute atomic E-state index is 2.52. The van der Waals surface area contributed by atoms with E-state index in [1.54, 1.807) is 0 Å². The van der Waals surface area contributed by atoms with E-state index in [1.165, 1.54) is 44.9 Å². The van der Waals surface area contributed by atoms with E-state index >= 15 is 0 Å². The molecule has 0 aliphatic rings. The highest BCUT2D eigenvalue weighted by molar-refractivity contribution is 4.84. The first-order valence-electron chi connectivity index (χ1n) is 7.54. The molecule has 0 aliphatic heterocycles. The molecule has 0 aromatic rings. The van der Waals surface area contributed by atoms with Crippen LogP contribution < -0.4 is 0 Å². The number of hydrogen-bond acceptors (Lipinski definition) is 0. The van der Waals surface area contributed by atoms with E-state index in [9.17, 15) is 0 Å². The molecule has 0 N–H and O–H groups in total. The Labute approximate surface area is 104 Å². The summed E-state index contributed by atoms with van der Waals surface area (Å²) in [5.74, 6) is 1.85. The molecular formula is C16H34. The monoisotopic (exact) mass is 226 g/mol. The van der Waals surface area contributed by atoms with E-state index in [4.69, 9.17) is 0 Å². The Hall–Kier alpha value is 0. The minimum absolute atomic E-state index is 0.538. The maximum Gasteiger partial charge on any atom is -0.0298 e. The van der Waals surface area contributed by atoms with E-state index < -0.39 is 0 Å². The molecule has 0 saturated carbocycles. The first-order valence-corrected chi connectivity index (χ1v) is 7.54. The van der Waals surface area contributed by atoms with Gasteiger partial charge in [-0.25, -0.2) is 0 Å². The molecule has 98 valence electrons. The topological polar surface area (TPSA) is 0 Å². The van der Waals surface area contributed by atoms with Gasteiger partial charge in [0.05, 0.1) is 0 Å². The largest absolute Gasteiger partial charge is 0.0654 e. The van der Waals surface area contributed by atoms with E-state index in [0.717, 1.165) is 11.8 Å². The van der Waals surface area contributed by atoms with Crippen LogP contribution in [0, 0.1) is 17.3 Å². The summed E-state index contributed by atoms with van der Waals surface area (Å²) in [5.41, 5.74) is 0.538. The predicted octanol–water partition coefficient (Wildman–Crippen LogP) is 6.06. The second-order valence-electron chi connectivity index (χ2n) is 5.99. The zero-order valence-electron chi connectivity index (χ0n) is 12.6. The van der Waals surface area contributed by atoms with Crippen LogP contribution in [-0.2, 0) is 0 Å². The van der Waals surface area contributed by atoms with Gasteiger partial charge in [0.25, 0.3) is 0 Å². The normalized spacial score (nSPS) is 14.4. The van der Waals surface area contributed by atoms with Crippen molar-refractivity contribution in [3.8, 4) is 0 Å². The lowest BCUT2D eigenvalue weighted by Gasteiger charge is -2.41. The summed E-state index contributed by atoms with van der Waals surface area (Å²) >= 11 is 0. The Balaban J connectivity index is 4.63. The van der Waals surface area contributed by atoms with Crippen molar-refractivity contribution in [1.82, 2.24) is 0 Å². The SMILES string of the molecule is CCCC(CC)C(C)(C)C(CCC)CCC. The molecule has 16 heavy (non-hydrogen) atoms. The maximum atomic E-state index is 2.52. The fraction of sp³-hybridized carbons (Fsp3) is 1.00. The van der Waals surface area contributed by atoms with Gasteiger partial charge in [-0.15, -0.1) is 0 Å². The lowest BCUT2D eigenvalue weighted by atomic mass is 9.64. The van der Waals surface area contributed by atoms with Gasteiger partial charge >= 0.3 is 0 Å². The van der Waals surface area contributed by atoms with Crippen molar-refractivity contribution in [1.29, 1.82) is 0 Å². The van der Waals surface area contributed by atoms with Gasteiger partial charge in [-0.05, 0) is 17.3 Å². The van der Waals surface area contributed by atoms with Crippen LogP contribution in [0.4, 0.5) is 0 Å². The van der Waals surface area contributed by atoms with Gasteiger partial charge in [-0.1, -0.05) is 86.5 Å². The molecular weight excluding hydrogens is 192 g/mol. The van der Waals surface area contributed by atoms with Crippen molar-refractivity contribution in [2.75, 3.05) is 0 Å². The molecule has 0 heteroatoms. The van der Waals surface area contributed by atoms with Crippen molar-refractivity contribution in [2.24, 2.45) is 17.3 Å². The van der Waals surface area contributed by atoms with Crippen LogP contribution in [-0.4, -0.2) is 0 Å². The first-order chi connectivity index (χ1) is 7.54. The molecule has 0 aromatic heterocycles. The molecule has 1 unspecified atom stereocenters. The van der Waals surface area contributed by atoms with Gasteiger partial charge in [0.1, 0.15) is 0 Å². The van der Waals surface area contributed by atoms with Crippen LogP contribution in [0.25, 0.3) is 0 Å². The minimum Gasteiger partial charge on any atom is -0.0654 e. The van der Waals surface area contributed by atoms with Crippen molar-refractivity contribution in [3.63, 3.8) is 0 Å². The third-order valence-electron chi connectivity index (χ3n) is 4.51. The van der Waals surface area contributed by atoms with Gasteiger partial charge in [0, 0.05) is 0 Å². The zero-order valence-corrected chi connectivity index (χ0v) is 12.6. The molecule has 0 fully saturated rings. The van der Waals surface area contributed by atoms with Crippen LogP contribution in [0.3, 0.4) is 0 Å². The van der Waals surface area contributed by atoms with Crippen LogP contribution in [0.2, 0.25) is 0 Å². The highest BCUT2D eigenvalue weighted by Crippen LogP contribution is 2.43. The van der Waals surface area contributed by atoms with E-state index in [2.05, 4.69) is 41.5 Å². The third-order valence-corrected chi connectivity index (χ3v) is 4.51. The Kier molecular flexibility index (Phi) is 8.14. The highest BCUT2D eigenvalue weighted by atomic mass is 14.4. The third kappa shape index (κ3) is 4.47. The Bertz CT molecular complexity index is 151. The molecule has 0 radical (unpaired) electrons. The average molecular weight is 226 g/mol. The zero-order chi connectivity index (χ0) is 12.6. The molecule has 0 amide bonds. The van der Waals surface area contributed by atoms with Crippen LogP contribution in [0.5, 0.6) is 0 Å². The predicted molar refractivity (Wildman–Crippen MR) is 75.8 cm³/mol. The summed E-state index contributed by atoms with van der Waals surface area (Å²) in [5, 5.41) is 0. The molecule has 0 saturated heterocycles. The van der Waals surface area contributed by atoms with Crippen LogP contribution in [0.15, 0.2) is 0 Å². The summed E-state index contributed by atoms with van der Waals surface area (Å²) in [6, 6.07) is 0. The summed E-state index contributed by atoms with van der Waals surface area (Å²) in [7, 11) is 0. The minimum atomic E-state index is 0.538. The lowest BCUT2D eigenvalue weighted by molar-refractivity contribution is 0.0870. The van der Waals surface area contributed by atoms with Crippen molar-refractivity contribution in [2.45, 2.75) is 86.5 Å². The molecule has 0 bridgehead atoms. The van der Waals surface area contributed by atoms with Crippen LogP contribution >= 0.6 is 0 Å². The molecule has 0 aliphatic carbocycles. The van der Waals surface area contributed by atoms with Crippen LogP contribution in [0.1, 0.15) is 86.5 Å². The molecule has 1 atom stereocenters. The first kappa shape index (κ1) is 16.0. The average Bonchev–Trinajstić information content (AvgIpc) is 2.25. The van der Waals surface area contributed by atoms with Gasteiger partial charge in [-0.3, -0.25) is 0 Å². The smallest absolute Gasteiger partial charge is 0.0298 e. The molecule has 0 aromatic carbocycles. The van der Waals surface area contributed by atoms with Crippen molar-refractivity contribution >= 4 is 0 Å². The van der Waals surface area contributed by atoms with E-state index in [1.807, 2.05) is 0 Å². The molecule has 0 rings (SSSR count). The second kappa shape index (κ2) is 8.14. The fourth-order valence-corrected chi connectivity index (χ4v) is 3.37. The van der Waals surface area contributed by atoms with Crippen molar-refractivity contribution in [3.05, 3.63) is 0 Å². The van der Waals surface area contributed by atoms with Gasteiger partial charge in [0.15, 0.2) is 0 Å². The Morgan fingerprint density at radius 1 is 0.688 bits per heavy atom. The summed E-state index contributed by atoms with van der Waals surface area (Å²) in [6.45, 7) is 14.4. The summed E-state index contributed by atoms with van der Waals surface area (Å²) in [4.78, 5) is 0. The van der Waals surface area contributed by atoms with Gasteiger partial charge in [0.2, 0.25) is 0 Å². The Morgan fingerprint density at radius 2 is 1.06 bits per heavy atom. The van der Waals surface area contributed by atoms with Gasteiger partial charge < -0.3 is 0 Å². The Morgan fingerprint density at radius 3 is 1.38 bits per heavy atom. The van der Waals surface area contributed by atoms with Gasteiger partial charge in [-0.2, -0.15) is 0 Å². The molecule has 0 nitrogen and oxygen atoms in total. The fourth-order valence-electron chi connectivity index (χ4n) is 3.37. The molecule has 0 spiro atoms. The number of hydrogen-bond donors (Lipinski definition) is 0. The summed E-state index contributed by atoms with van der Waals surface area (Å²) in [6.07, 6.45) is 9.63. The number of rotatable bonds is 9. The molecule has 0 heterocycles. The van der Waals surface area contributed by atoms with Crippen molar-refractivity contribution < 1.29 is 0 Å².